The molecule has 0 bridgehead atoms. The van der Waals surface area contributed by atoms with Crippen LogP contribution in [0.25, 0.3) is 6.08 Å². The maximum Gasteiger partial charge on any atom is 0.367 e. The molecule has 0 fully saturated rings. The van der Waals surface area contributed by atoms with Crippen molar-refractivity contribution in [1.82, 2.24) is 0 Å². The van der Waals surface area contributed by atoms with E-state index in [1.807, 2.05) is 0 Å². The fourth-order valence-corrected chi connectivity index (χ4v) is 1.33. The second-order valence-corrected chi connectivity index (χ2v) is 3.36. The molecule has 1 aromatic rings. The van der Waals surface area contributed by atoms with Crippen molar-refractivity contribution in [2.45, 2.75) is 6.92 Å². The minimum atomic E-state index is -0.551. The van der Waals surface area contributed by atoms with Crippen LogP contribution in [0.3, 0.4) is 0 Å². The van der Waals surface area contributed by atoms with Crippen molar-refractivity contribution in [1.29, 1.82) is 0 Å². The van der Waals surface area contributed by atoms with Crippen LogP contribution >= 0.6 is 0 Å². The van der Waals surface area contributed by atoms with E-state index < -0.39 is 5.97 Å². The van der Waals surface area contributed by atoms with Crippen LogP contribution < -0.4 is 0 Å². The highest BCUT2D eigenvalue weighted by molar-refractivity contribution is 6.24. The van der Waals surface area contributed by atoms with Gasteiger partial charge in [0.05, 0.1) is 11.3 Å². The minimum Gasteiger partial charge on any atom is -0.508 e. The molecule has 0 aromatic heterocycles. The number of phenolic OH excluding ortho intramolecular Hbond substituents is 2. The minimum absolute atomic E-state index is 0.0426. The maximum absolute atomic E-state index is 11.2. The first-order valence-electron chi connectivity index (χ1n) is 4.58. The molecule has 16 heavy (non-hydrogen) atoms. The number of oxime groups is 1. The monoisotopic (exact) mass is 219 g/mol. The first-order chi connectivity index (χ1) is 7.58. The second-order valence-electron chi connectivity index (χ2n) is 3.36. The summed E-state index contributed by atoms with van der Waals surface area (Å²) in [6, 6.07) is 4.11. The summed E-state index contributed by atoms with van der Waals surface area (Å²) in [5.41, 5.74) is 1.17. The summed E-state index contributed by atoms with van der Waals surface area (Å²) < 4.78 is 0. The van der Waals surface area contributed by atoms with Gasteiger partial charge in [-0.05, 0) is 25.1 Å². The van der Waals surface area contributed by atoms with Gasteiger partial charge in [-0.3, -0.25) is 0 Å². The lowest BCUT2D eigenvalue weighted by Crippen LogP contribution is -2.01. The second kappa shape index (κ2) is 3.69. The molecule has 82 valence electrons. The molecule has 1 aliphatic rings. The van der Waals surface area contributed by atoms with Gasteiger partial charge in [0.15, 0.2) is 0 Å². The summed E-state index contributed by atoms with van der Waals surface area (Å²) in [6.45, 7) is 1.63. The van der Waals surface area contributed by atoms with Crippen molar-refractivity contribution in [2.75, 3.05) is 0 Å². The number of rotatable bonds is 1. The molecule has 2 N–H and O–H groups in total. The first-order valence-corrected chi connectivity index (χ1v) is 4.58. The van der Waals surface area contributed by atoms with Gasteiger partial charge in [0.2, 0.25) is 0 Å². The van der Waals surface area contributed by atoms with Gasteiger partial charge in [0, 0.05) is 11.6 Å². The number of hydrogen-bond donors (Lipinski definition) is 2. The molecule has 0 saturated carbocycles. The molecule has 1 heterocycles. The van der Waals surface area contributed by atoms with Crippen LogP contribution in [0.5, 0.6) is 11.5 Å². The summed E-state index contributed by atoms with van der Waals surface area (Å²) in [5.74, 6) is -0.705. The van der Waals surface area contributed by atoms with Crippen molar-refractivity contribution >= 4 is 17.8 Å². The highest BCUT2D eigenvalue weighted by atomic mass is 16.7. The van der Waals surface area contributed by atoms with E-state index in [0.29, 0.717) is 16.8 Å². The smallest absolute Gasteiger partial charge is 0.367 e. The van der Waals surface area contributed by atoms with E-state index in [1.165, 1.54) is 24.3 Å². The molecule has 0 aliphatic carbocycles. The number of benzene rings is 1. The Hall–Kier alpha value is -2.30. The Balaban J connectivity index is 2.43. The van der Waals surface area contributed by atoms with Crippen LogP contribution in [-0.2, 0) is 9.63 Å². The molecule has 5 heteroatoms. The molecular weight excluding hydrogens is 210 g/mol. The summed E-state index contributed by atoms with van der Waals surface area (Å²) in [6.07, 6.45) is 1.46. The number of aromatic hydroxyl groups is 2. The molecule has 1 aliphatic heterocycles. The van der Waals surface area contributed by atoms with Crippen molar-refractivity contribution in [3.05, 3.63) is 29.3 Å². The zero-order valence-corrected chi connectivity index (χ0v) is 8.47. The molecule has 0 radical (unpaired) electrons. The zero-order valence-electron chi connectivity index (χ0n) is 8.47. The third-order valence-electron chi connectivity index (χ3n) is 2.19. The van der Waals surface area contributed by atoms with E-state index in [2.05, 4.69) is 9.99 Å². The molecule has 2 rings (SSSR count). The predicted molar refractivity (Wildman–Crippen MR) is 56.9 cm³/mol. The Morgan fingerprint density at radius 1 is 1.38 bits per heavy atom. The van der Waals surface area contributed by atoms with Crippen molar-refractivity contribution in [3.63, 3.8) is 0 Å². The highest BCUT2D eigenvalue weighted by Gasteiger charge is 2.22. The lowest BCUT2D eigenvalue weighted by Gasteiger charge is -2.00. The third kappa shape index (κ3) is 1.75. The Bertz CT molecular complexity index is 517. The zero-order chi connectivity index (χ0) is 11.7. The van der Waals surface area contributed by atoms with E-state index in [1.54, 1.807) is 6.92 Å². The van der Waals surface area contributed by atoms with E-state index in [0.717, 1.165) is 0 Å². The van der Waals surface area contributed by atoms with Gasteiger partial charge in [0.25, 0.3) is 0 Å². The van der Waals surface area contributed by atoms with Crippen LogP contribution in [0.2, 0.25) is 0 Å². The molecule has 0 unspecified atom stereocenters. The first kappa shape index (κ1) is 10.2. The van der Waals surface area contributed by atoms with Crippen LogP contribution in [0.4, 0.5) is 0 Å². The van der Waals surface area contributed by atoms with Crippen molar-refractivity contribution in [2.24, 2.45) is 5.16 Å². The van der Waals surface area contributed by atoms with E-state index in [-0.39, 0.29) is 11.5 Å². The predicted octanol–water partition coefficient (Wildman–Crippen LogP) is 1.41. The largest absolute Gasteiger partial charge is 0.508 e. The van der Waals surface area contributed by atoms with Crippen LogP contribution in [0.15, 0.2) is 28.9 Å². The van der Waals surface area contributed by atoms with E-state index >= 15 is 0 Å². The fraction of sp³-hybridized carbons (Fsp3) is 0.0909. The topological polar surface area (TPSA) is 79.1 Å². The summed E-state index contributed by atoms with van der Waals surface area (Å²) >= 11 is 0. The Morgan fingerprint density at radius 3 is 2.69 bits per heavy atom. The van der Waals surface area contributed by atoms with Gasteiger partial charge in [-0.1, -0.05) is 5.16 Å². The van der Waals surface area contributed by atoms with E-state index in [4.69, 9.17) is 5.11 Å². The number of phenols is 2. The standard InChI is InChI=1S/C11H9NO4/c1-6-9(11(15)16-12-6)4-7-2-3-8(13)5-10(7)14/h2-5,13-14H,1H3. The summed E-state index contributed by atoms with van der Waals surface area (Å²) in [4.78, 5) is 15.7. The van der Waals surface area contributed by atoms with Gasteiger partial charge in [-0.25, -0.2) is 4.79 Å². The third-order valence-corrected chi connectivity index (χ3v) is 2.19. The molecular formula is C11H9NO4. The number of hydrogen-bond acceptors (Lipinski definition) is 5. The normalized spacial score (nSPS) is 17.4. The quantitative estimate of drug-likeness (QED) is 0.553. The molecule has 1 aromatic carbocycles. The lowest BCUT2D eigenvalue weighted by atomic mass is 10.1. The van der Waals surface area contributed by atoms with Gasteiger partial charge in [-0.2, -0.15) is 0 Å². The maximum atomic E-state index is 11.2. The number of nitrogens with zero attached hydrogens (tertiary/aromatic N) is 1. The van der Waals surface area contributed by atoms with Crippen molar-refractivity contribution < 1.29 is 19.8 Å². The Kier molecular flexibility index (Phi) is 2.36. The number of carbonyl (C=O) groups is 1. The molecule has 0 saturated heterocycles. The average molecular weight is 219 g/mol. The summed E-state index contributed by atoms with van der Waals surface area (Å²) in [5, 5.41) is 22.1. The number of carbonyl (C=O) groups excluding carboxylic acids is 1. The Morgan fingerprint density at radius 2 is 2.12 bits per heavy atom. The molecule has 0 amide bonds. The van der Waals surface area contributed by atoms with Gasteiger partial charge >= 0.3 is 5.97 Å². The molecule has 5 nitrogen and oxygen atoms in total. The van der Waals surface area contributed by atoms with Crippen LogP contribution in [-0.4, -0.2) is 21.9 Å². The SMILES string of the molecule is CC1=NOC(=O)C1=Cc1ccc(O)cc1O. The van der Waals surface area contributed by atoms with Crippen molar-refractivity contribution in [3.8, 4) is 11.5 Å². The summed E-state index contributed by atoms with van der Waals surface area (Å²) in [7, 11) is 0. The molecule has 0 spiro atoms. The van der Waals surface area contributed by atoms with Gasteiger partial charge in [-0.15, -0.1) is 0 Å². The molecule has 0 atom stereocenters. The Labute approximate surface area is 91.3 Å². The van der Waals surface area contributed by atoms with Gasteiger partial charge in [0.1, 0.15) is 11.5 Å². The highest BCUT2D eigenvalue weighted by Crippen LogP contribution is 2.26. The average Bonchev–Trinajstić information content (AvgIpc) is 2.53. The lowest BCUT2D eigenvalue weighted by molar-refractivity contribution is -0.136. The van der Waals surface area contributed by atoms with E-state index in [9.17, 15) is 9.90 Å². The van der Waals surface area contributed by atoms with Crippen LogP contribution in [0, 0.1) is 0 Å². The van der Waals surface area contributed by atoms with Gasteiger partial charge < -0.3 is 15.1 Å². The van der Waals surface area contributed by atoms with Crippen LogP contribution in [0.1, 0.15) is 12.5 Å². The fourth-order valence-electron chi connectivity index (χ4n) is 1.33.